The predicted octanol–water partition coefficient (Wildman–Crippen LogP) is 4.74. The number of nitrogens with zero attached hydrogens (tertiary/aromatic N) is 1. The number of rotatable bonds is 7. The average molecular weight is 315 g/mol. The third-order valence-electron chi connectivity index (χ3n) is 2.80. The van der Waals surface area contributed by atoms with E-state index in [1.807, 2.05) is 0 Å². The summed E-state index contributed by atoms with van der Waals surface area (Å²) in [5.41, 5.74) is 0.707. The molecule has 0 saturated carbocycles. The molecule has 0 aliphatic heterocycles. The minimum absolute atomic E-state index is 0.126. The van der Waals surface area contributed by atoms with E-state index in [1.165, 1.54) is 18.9 Å². The first-order chi connectivity index (χ1) is 8.54. The van der Waals surface area contributed by atoms with Crippen LogP contribution < -0.4 is 5.32 Å². The molecule has 0 bridgehead atoms. The van der Waals surface area contributed by atoms with Gasteiger partial charge < -0.3 is 5.32 Å². The first-order valence-corrected chi connectivity index (χ1v) is 7.04. The van der Waals surface area contributed by atoms with Crippen LogP contribution in [0.3, 0.4) is 0 Å². The molecule has 0 aromatic heterocycles. The van der Waals surface area contributed by atoms with Crippen molar-refractivity contribution < 1.29 is 4.92 Å². The second-order valence-corrected chi connectivity index (χ2v) is 5.38. The van der Waals surface area contributed by atoms with Crippen molar-refractivity contribution in [3.05, 3.63) is 32.8 Å². The summed E-state index contributed by atoms with van der Waals surface area (Å²) in [6.07, 6.45) is 4.56. The van der Waals surface area contributed by atoms with Gasteiger partial charge in [-0.25, -0.2) is 0 Å². The summed E-state index contributed by atoms with van der Waals surface area (Å²) in [5, 5.41) is 14.1. The zero-order chi connectivity index (χ0) is 13.5. The number of hydrogen-bond acceptors (Lipinski definition) is 3. The molecule has 1 aromatic rings. The van der Waals surface area contributed by atoms with Gasteiger partial charge in [-0.15, -0.1) is 0 Å². The van der Waals surface area contributed by atoms with Crippen LogP contribution in [0.25, 0.3) is 0 Å². The van der Waals surface area contributed by atoms with E-state index in [0.29, 0.717) is 5.69 Å². The van der Waals surface area contributed by atoms with Crippen molar-refractivity contribution in [2.45, 2.75) is 45.6 Å². The second kappa shape index (κ2) is 7.36. The van der Waals surface area contributed by atoms with Crippen LogP contribution in [-0.2, 0) is 0 Å². The van der Waals surface area contributed by atoms with Gasteiger partial charge >= 0.3 is 0 Å². The lowest BCUT2D eigenvalue weighted by Crippen LogP contribution is -2.15. The second-order valence-electron chi connectivity index (χ2n) is 4.46. The molecule has 4 nitrogen and oxygen atoms in total. The standard InChI is InChI=1S/C13H19BrN2O2/c1-3-4-5-6-10(2)15-12-9-11(14)7-8-13(12)16(17)18/h7-10,15H,3-6H2,1-2H3. The minimum Gasteiger partial charge on any atom is -0.377 e. The van der Waals surface area contributed by atoms with E-state index in [-0.39, 0.29) is 16.7 Å². The lowest BCUT2D eigenvalue weighted by Gasteiger charge is -2.15. The van der Waals surface area contributed by atoms with Crippen molar-refractivity contribution in [2.24, 2.45) is 0 Å². The minimum atomic E-state index is -0.354. The van der Waals surface area contributed by atoms with Crippen molar-refractivity contribution in [1.29, 1.82) is 0 Å². The monoisotopic (exact) mass is 314 g/mol. The van der Waals surface area contributed by atoms with E-state index in [4.69, 9.17) is 0 Å². The van der Waals surface area contributed by atoms with Crippen molar-refractivity contribution in [1.82, 2.24) is 0 Å². The fourth-order valence-corrected chi connectivity index (χ4v) is 2.18. The number of nitro groups is 1. The maximum atomic E-state index is 10.9. The molecule has 0 amide bonds. The molecule has 0 radical (unpaired) electrons. The Labute approximate surface area is 116 Å². The summed E-state index contributed by atoms with van der Waals surface area (Å²) < 4.78 is 0.844. The van der Waals surface area contributed by atoms with Crippen LogP contribution in [0.1, 0.15) is 39.5 Å². The molecule has 5 heteroatoms. The van der Waals surface area contributed by atoms with Crippen LogP contribution in [0.5, 0.6) is 0 Å². The Morgan fingerprint density at radius 1 is 1.44 bits per heavy atom. The van der Waals surface area contributed by atoms with Gasteiger partial charge in [-0.1, -0.05) is 42.1 Å². The van der Waals surface area contributed by atoms with Crippen LogP contribution in [0.15, 0.2) is 22.7 Å². The molecule has 1 N–H and O–H groups in total. The highest BCUT2D eigenvalue weighted by atomic mass is 79.9. The Morgan fingerprint density at radius 3 is 2.78 bits per heavy atom. The molecular formula is C13H19BrN2O2. The molecule has 0 fully saturated rings. The molecule has 1 aromatic carbocycles. The quantitative estimate of drug-likeness (QED) is 0.449. The van der Waals surface area contributed by atoms with E-state index >= 15 is 0 Å². The third kappa shape index (κ3) is 4.64. The number of nitro benzene ring substituents is 1. The molecule has 1 atom stereocenters. The Hall–Kier alpha value is -1.10. The molecule has 0 spiro atoms. The van der Waals surface area contributed by atoms with Gasteiger partial charge in [-0.2, -0.15) is 0 Å². The molecule has 0 aliphatic rings. The van der Waals surface area contributed by atoms with Crippen LogP contribution in [0, 0.1) is 10.1 Å². The topological polar surface area (TPSA) is 55.2 Å². The lowest BCUT2D eigenvalue weighted by atomic mass is 10.1. The van der Waals surface area contributed by atoms with E-state index in [2.05, 4.69) is 35.1 Å². The summed E-state index contributed by atoms with van der Waals surface area (Å²) >= 11 is 3.34. The van der Waals surface area contributed by atoms with Crippen molar-refractivity contribution in [2.75, 3.05) is 5.32 Å². The highest BCUT2D eigenvalue weighted by Crippen LogP contribution is 2.28. The highest BCUT2D eigenvalue weighted by Gasteiger charge is 2.15. The Bertz CT molecular complexity index is 410. The van der Waals surface area contributed by atoms with Gasteiger partial charge in [0.2, 0.25) is 0 Å². The average Bonchev–Trinajstić information content (AvgIpc) is 2.29. The van der Waals surface area contributed by atoms with E-state index in [9.17, 15) is 10.1 Å². The van der Waals surface area contributed by atoms with E-state index < -0.39 is 0 Å². The molecule has 100 valence electrons. The molecular weight excluding hydrogens is 296 g/mol. The van der Waals surface area contributed by atoms with E-state index in [0.717, 1.165) is 17.3 Å². The fourth-order valence-electron chi connectivity index (χ4n) is 1.82. The number of anilines is 1. The maximum Gasteiger partial charge on any atom is 0.292 e. The summed E-state index contributed by atoms with van der Waals surface area (Å²) in [4.78, 5) is 10.6. The lowest BCUT2D eigenvalue weighted by molar-refractivity contribution is -0.384. The van der Waals surface area contributed by atoms with Crippen LogP contribution in [0.2, 0.25) is 0 Å². The number of halogens is 1. The van der Waals surface area contributed by atoms with Gasteiger partial charge in [0.15, 0.2) is 0 Å². The Balaban J connectivity index is 2.70. The summed E-state index contributed by atoms with van der Waals surface area (Å²) in [5.74, 6) is 0. The SMILES string of the molecule is CCCCCC(C)Nc1cc(Br)ccc1[N+](=O)[O-]. The normalized spacial score (nSPS) is 12.2. The predicted molar refractivity (Wildman–Crippen MR) is 78.0 cm³/mol. The van der Waals surface area contributed by atoms with Gasteiger partial charge in [0.25, 0.3) is 5.69 Å². The summed E-state index contributed by atoms with van der Waals surface area (Å²) in [7, 11) is 0. The third-order valence-corrected chi connectivity index (χ3v) is 3.29. The number of hydrogen-bond donors (Lipinski definition) is 1. The van der Waals surface area contributed by atoms with Crippen LogP contribution in [-0.4, -0.2) is 11.0 Å². The number of nitrogens with one attached hydrogen (secondary N) is 1. The van der Waals surface area contributed by atoms with Gasteiger partial charge in [-0.05, 0) is 25.5 Å². The molecule has 0 saturated heterocycles. The van der Waals surface area contributed by atoms with Crippen LogP contribution in [0.4, 0.5) is 11.4 Å². The maximum absolute atomic E-state index is 10.9. The van der Waals surface area contributed by atoms with Crippen molar-refractivity contribution in [3.63, 3.8) is 0 Å². The van der Waals surface area contributed by atoms with E-state index in [1.54, 1.807) is 12.1 Å². The van der Waals surface area contributed by atoms with Gasteiger partial charge in [-0.3, -0.25) is 10.1 Å². The van der Waals surface area contributed by atoms with Crippen molar-refractivity contribution in [3.8, 4) is 0 Å². The number of unbranched alkanes of at least 4 members (excludes halogenated alkanes) is 2. The van der Waals surface area contributed by atoms with Gasteiger partial charge in [0.05, 0.1) is 4.92 Å². The van der Waals surface area contributed by atoms with Gasteiger partial charge in [0, 0.05) is 16.6 Å². The summed E-state index contributed by atoms with van der Waals surface area (Å²) in [6.45, 7) is 4.22. The first kappa shape index (κ1) is 15.0. The molecule has 1 unspecified atom stereocenters. The smallest absolute Gasteiger partial charge is 0.292 e. The Kier molecular flexibility index (Phi) is 6.12. The molecule has 18 heavy (non-hydrogen) atoms. The van der Waals surface area contributed by atoms with Crippen molar-refractivity contribution >= 4 is 27.3 Å². The van der Waals surface area contributed by atoms with Gasteiger partial charge in [0.1, 0.15) is 5.69 Å². The highest BCUT2D eigenvalue weighted by molar-refractivity contribution is 9.10. The molecule has 0 heterocycles. The zero-order valence-electron chi connectivity index (χ0n) is 10.8. The Morgan fingerprint density at radius 2 is 2.17 bits per heavy atom. The summed E-state index contributed by atoms with van der Waals surface area (Å²) in [6, 6.07) is 5.20. The molecule has 0 aliphatic carbocycles. The largest absolute Gasteiger partial charge is 0.377 e. The number of benzene rings is 1. The first-order valence-electron chi connectivity index (χ1n) is 6.25. The zero-order valence-corrected chi connectivity index (χ0v) is 12.4. The fraction of sp³-hybridized carbons (Fsp3) is 0.538. The molecule has 1 rings (SSSR count). The van der Waals surface area contributed by atoms with Crippen LogP contribution >= 0.6 is 15.9 Å².